The predicted octanol–water partition coefficient (Wildman–Crippen LogP) is 4.09. The maximum Gasteiger partial charge on any atom is 0.255 e. The Morgan fingerprint density at radius 2 is 1.61 bits per heavy atom. The highest BCUT2D eigenvalue weighted by molar-refractivity contribution is 7.89. The first-order chi connectivity index (χ1) is 14.8. The van der Waals surface area contributed by atoms with Crippen molar-refractivity contribution in [1.29, 1.82) is 0 Å². The third kappa shape index (κ3) is 5.75. The molecule has 9 heteroatoms. The molecular weight excluding hydrogens is 440 g/mol. The van der Waals surface area contributed by atoms with Crippen LogP contribution in [0.1, 0.15) is 15.9 Å². The summed E-state index contributed by atoms with van der Waals surface area (Å²) in [5.41, 5.74) is 1.38. The Balaban J connectivity index is 1.78. The molecule has 1 amide bonds. The van der Waals surface area contributed by atoms with Crippen LogP contribution in [0.2, 0.25) is 5.02 Å². The molecule has 0 aromatic heterocycles. The van der Waals surface area contributed by atoms with Gasteiger partial charge in [0.2, 0.25) is 10.0 Å². The third-order valence-corrected chi connectivity index (χ3v) is 6.11. The van der Waals surface area contributed by atoms with Crippen LogP contribution in [0.3, 0.4) is 0 Å². The van der Waals surface area contributed by atoms with Gasteiger partial charge in [0.25, 0.3) is 5.91 Å². The van der Waals surface area contributed by atoms with Crippen molar-refractivity contribution in [3.8, 4) is 11.5 Å². The van der Waals surface area contributed by atoms with Crippen LogP contribution in [0.15, 0.2) is 71.6 Å². The van der Waals surface area contributed by atoms with Gasteiger partial charge in [0, 0.05) is 17.1 Å². The van der Waals surface area contributed by atoms with Gasteiger partial charge in [-0.25, -0.2) is 13.1 Å². The summed E-state index contributed by atoms with van der Waals surface area (Å²) in [7, 11) is -0.839. The van der Waals surface area contributed by atoms with E-state index in [1.165, 1.54) is 25.3 Å². The molecule has 3 rings (SSSR count). The molecule has 0 saturated heterocycles. The summed E-state index contributed by atoms with van der Waals surface area (Å²) in [5, 5.41) is 3.19. The molecule has 0 heterocycles. The lowest BCUT2D eigenvalue weighted by Crippen LogP contribution is -2.23. The van der Waals surface area contributed by atoms with E-state index < -0.39 is 15.9 Å². The molecule has 0 aliphatic heterocycles. The van der Waals surface area contributed by atoms with E-state index in [-0.39, 0.29) is 17.1 Å². The van der Waals surface area contributed by atoms with E-state index in [4.69, 9.17) is 21.1 Å². The lowest BCUT2D eigenvalue weighted by Gasteiger charge is -2.13. The fraction of sp³-hybridized carbons (Fsp3) is 0.136. The molecule has 31 heavy (non-hydrogen) atoms. The number of hydrogen-bond acceptors (Lipinski definition) is 5. The van der Waals surface area contributed by atoms with Crippen molar-refractivity contribution in [3.63, 3.8) is 0 Å². The lowest BCUT2D eigenvalue weighted by molar-refractivity contribution is 0.102. The molecule has 3 aromatic rings. The first kappa shape index (κ1) is 22.6. The van der Waals surface area contributed by atoms with Gasteiger partial charge in [-0.2, -0.15) is 0 Å². The molecule has 7 nitrogen and oxygen atoms in total. The number of hydrogen-bond donors (Lipinski definition) is 2. The number of nitrogens with one attached hydrogen (secondary N) is 2. The summed E-state index contributed by atoms with van der Waals surface area (Å²) < 4.78 is 38.4. The number of anilines is 1. The van der Waals surface area contributed by atoms with Crippen molar-refractivity contribution in [2.75, 3.05) is 19.5 Å². The van der Waals surface area contributed by atoms with E-state index in [0.717, 1.165) is 5.56 Å². The van der Waals surface area contributed by atoms with Crippen LogP contribution in [-0.2, 0) is 16.6 Å². The highest BCUT2D eigenvalue weighted by Crippen LogP contribution is 2.28. The Morgan fingerprint density at radius 1 is 0.935 bits per heavy atom. The Hall–Kier alpha value is -3.07. The van der Waals surface area contributed by atoms with Crippen molar-refractivity contribution >= 4 is 33.2 Å². The zero-order valence-electron chi connectivity index (χ0n) is 16.9. The molecule has 0 atom stereocenters. The van der Waals surface area contributed by atoms with Crippen LogP contribution in [0.25, 0.3) is 0 Å². The summed E-state index contributed by atoms with van der Waals surface area (Å²) >= 11 is 5.85. The van der Waals surface area contributed by atoms with E-state index in [2.05, 4.69) is 10.0 Å². The number of carbonyl (C=O) groups excluding carboxylic acids is 1. The van der Waals surface area contributed by atoms with E-state index in [1.54, 1.807) is 55.6 Å². The molecule has 0 fully saturated rings. The van der Waals surface area contributed by atoms with Crippen molar-refractivity contribution in [1.82, 2.24) is 4.72 Å². The lowest BCUT2D eigenvalue weighted by atomic mass is 10.2. The van der Waals surface area contributed by atoms with Gasteiger partial charge in [-0.1, -0.05) is 23.7 Å². The van der Waals surface area contributed by atoms with Crippen molar-refractivity contribution in [2.45, 2.75) is 11.4 Å². The number of rotatable bonds is 8. The van der Waals surface area contributed by atoms with E-state index >= 15 is 0 Å². The first-order valence-corrected chi connectivity index (χ1v) is 11.1. The number of methoxy groups -OCH3 is 2. The Labute approximate surface area is 186 Å². The minimum absolute atomic E-state index is 0.00628. The highest BCUT2D eigenvalue weighted by atomic mass is 35.5. The zero-order valence-corrected chi connectivity index (χ0v) is 18.5. The monoisotopic (exact) mass is 460 g/mol. The van der Waals surface area contributed by atoms with Crippen molar-refractivity contribution in [2.24, 2.45) is 0 Å². The molecule has 2 N–H and O–H groups in total. The number of halogens is 1. The maximum atomic E-state index is 12.8. The molecule has 0 aliphatic rings. The minimum Gasteiger partial charge on any atom is -0.497 e. The van der Waals surface area contributed by atoms with Gasteiger partial charge < -0.3 is 14.8 Å². The van der Waals surface area contributed by atoms with Crippen LogP contribution in [0, 0.1) is 0 Å². The molecule has 3 aromatic carbocycles. The molecular formula is C22H21ClN2O5S. The zero-order chi connectivity index (χ0) is 22.4. The number of ether oxygens (including phenoxy) is 2. The molecule has 0 saturated carbocycles. The highest BCUT2D eigenvalue weighted by Gasteiger charge is 2.18. The second-order valence-corrected chi connectivity index (χ2v) is 8.70. The van der Waals surface area contributed by atoms with E-state index in [9.17, 15) is 13.2 Å². The minimum atomic E-state index is -3.83. The molecule has 0 unspecified atom stereocenters. The van der Waals surface area contributed by atoms with E-state index in [0.29, 0.717) is 22.1 Å². The van der Waals surface area contributed by atoms with Gasteiger partial charge in [0.15, 0.2) is 0 Å². The number of sulfonamides is 1. The molecule has 0 bridgehead atoms. The summed E-state index contributed by atoms with van der Waals surface area (Å²) in [6, 6.07) is 17.6. The largest absolute Gasteiger partial charge is 0.497 e. The standard InChI is InChI=1S/C22H21ClN2O5S/c1-29-18-9-3-15(4-10-18)14-24-31(27,28)19-11-12-21(30-2)20(13-19)25-22(26)16-5-7-17(23)8-6-16/h3-13,24H,14H2,1-2H3,(H,25,26). The summed E-state index contributed by atoms with van der Waals surface area (Å²) in [6.07, 6.45) is 0. The van der Waals surface area contributed by atoms with Gasteiger partial charge >= 0.3 is 0 Å². The van der Waals surface area contributed by atoms with Crippen LogP contribution in [0.5, 0.6) is 11.5 Å². The molecule has 162 valence electrons. The molecule has 0 aliphatic carbocycles. The average molecular weight is 461 g/mol. The number of benzene rings is 3. The van der Waals surface area contributed by atoms with Gasteiger partial charge in [0.1, 0.15) is 11.5 Å². The molecule has 0 radical (unpaired) electrons. The average Bonchev–Trinajstić information content (AvgIpc) is 2.78. The first-order valence-electron chi connectivity index (χ1n) is 9.20. The fourth-order valence-electron chi connectivity index (χ4n) is 2.75. The summed E-state index contributed by atoms with van der Waals surface area (Å²) in [5.74, 6) is 0.593. The van der Waals surface area contributed by atoms with Crippen molar-refractivity contribution < 1.29 is 22.7 Å². The van der Waals surface area contributed by atoms with Gasteiger partial charge in [-0.3, -0.25) is 4.79 Å². The number of carbonyl (C=O) groups is 1. The van der Waals surface area contributed by atoms with Crippen LogP contribution in [0.4, 0.5) is 5.69 Å². The van der Waals surface area contributed by atoms with Gasteiger partial charge in [-0.15, -0.1) is 0 Å². The smallest absolute Gasteiger partial charge is 0.255 e. The van der Waals surface area contributed by atoms with Crippen LogP contribution >= 0.6 is 11.6 Å². The SMILES string of the molecule is COc1ccc(CNS(=O)(=O)c2ccc(OC)c(NC(=O)c3ccc(Cl)cc3)c2)cc1. The Morgan fingerprint density at radius 3 is 2.23 bits per heavy atom. The van der Waals surface area contributed by atoms with Crippen molar-refractivity contribution in [3.05, 3.63) is 82.9 Å². The Kier molecular flexibility index (Phi) is 7.17. The second kappa shape index (κ2) is 9.82. The van der Waals surface area contributed by atoms with Gasteiger partial charge in [-0.05, 0) is 60.2 Å². The maximum absolute atomic E-state index is 12.8. The van der Waals surface area contributed by atoms with Crippen LogP contribution in [-0.4, -0.2) is 28.5 Å². The summed E-state index contributed by atoms with van der Waals surface area (Å²) in [6.45, 7) is 0.102. The Bertz CT molecular complexity index is 1160. The topological polar surface area (TPSA) is 93.7 Å². The predicted molar refractivity (Wildman–Crippen MR) is 119 cm³/mol. The molecule has 0 spiro atoms. The van der Waals surface area contributed by atoms with Crippen LogP contribution < -0.4 is 19.5 Å². The van der Waals surface area contributed by atoms with Gasteiger partial charge in [0.05, 0.1) is 24.8 Å². The fourth-order valence-corrected chi connectivity index (χ4v) is 3.92. The number of amides is 1. The van der Waals surface area contributed by atoms with E-state index in [1.807, 2.05) is 0 Å². The summed E-state index contributed by atoms with van der Waals surface area (Å²) in [4.78, 5) is 12.5. The third-order valence-electron chi connectivity index (χ3n) is 4.46. The normalized spacial score (nSPS) is 11.1. The quantitative estimate of drug-likeness (QED) is 0.528. The second-order valence-electron chi connectivity index (χ2n) is 6.50.